The van der Waals surface area contributed by atoms with Crippen LogP contribution in [0.5, 0.6) is 0 Å². The molecule has 2 aromatic heterocycles. The monoisotopic (exact) mass is 361 g/mol. The maximum absolute atomic E-state index is 11.6. The van der Waals surface area contributed by atoms with Crippen LogP contribution in [0.2, 0.25) is 0 Å². The Morgan fingerprint density at radius 1 is 0.815 bits per heavy atom. The van der Waals surface area contributed by atoms with E-state index in [0.717, 1.165) is 11.5 Å². The van der Waals surface area contributed by atoms with E-state index in [0.29, 0.717) is 11.2 Å². The maximum atomic E-state index is 11.6. The number of nitrogens with one attached hydrogen (secondary N) is 1. The van der Waals surface area contributed by atoms with Gasteiger partial charge in [-0.2, -0.15) is 0 Å². The molecule has 2 aromatic carbocycles. The van der Waals surface area contributed by atoms with Gasteiger partial charge in [0.1, 0.15) is 11.2 Å². The number of anilines is 2. The van der Waals surface area contributed by atoms with Crippen molar-refractivity contribution in [1.82, 2.24) is 9.97 Å². The molecule has 0 aliphatic carbocycles. The number of aromatic nitrogens is 2. The molecule has 0 saturated carbocycles. The lowest BCUT2D eigenvalue weighted by molar-refractivity contribution is -0.392. The van der Waals surface area contributed by atoms with Gasteiger partial charge >= 0.3 is 5.69 Å². The van der Waals surface area contributed by atoms with Gasteiger partial charge in [0.25, 0.3) is 5.69 Å². The Morgan fingerprint density at radius 2 is 1.48 bits per heavy atom. The SMILES string of the molecule is O=[N+]([O-])c1cc([N+](=O)[O-])c2cccnc2c1Nc1cccc2cccnc12. The summed E-state index contributed by atoms with van der Waals surface area (Å²) in [5, 5.41) is 27.0. The molecule has 27 heavy (non-hydrogen) atoms. The smallest absolute Gasteiger partial charge is 0.301 e. The summed E-state index contributed by atoms with van der Waals surface area (Å²) >= 11 is 0. The van der Waals surface area contributed by atoms with Crippen LogP contribution in [0.15, 0.2) is 60.9 Å². The lowest BCUT2D eigenvalue weighted by Gasteiger charge is -2.12. The minimum absolute atomic E-state index is 0.0827. The highest BCUT2D eigenvalue weighted by molar-refractivity contribution is 6.04. The van der Waals surface area contributed by atoms with Gasteiger partial charge < -0.3 is 5.32 Å². The molecular weight excluding hydrogens is 350 g/mol. The molecule has 4 aromatic rings. The third-order valence-corrected chi connectivity index (χ3v) is 4.14. The van der Waals surface area contributed by atoms with Crippen molar-refractivity contribution in [3.05, 3.63) is 81.2 Å². The van der Waals surface area contributed by atoms with Crippen molar-refractivity contribution in [3.8, 4) is 0 Å². The number of hydrogen-bond acceptors (Lipinski definition) is 7. The van der Waals surface area contributed by atoms with E-state index in [1.807, 2.05) is 12.1 Å². The lowest BCUT2D eigenvalue weighted by Crippen LogP contribution is -2.02. The second-order valence-electron chi connectivity index (χ2n) is 5.71. The molecule has 2 heterocycles. The molecule has 9 nitrogen and oxygen atoms in total. The molecule has 9 heteroatoms. The number of nitro groups is 2. The van der Waals surface area contributed by atoms with E-state index < -0.39 is 15.5 Å². The molecule has 0 saturated heterocycles. The molecule has 4 rings (SSSR count). The Labute approximate surface area is 151 Å². The van der Waals surface area contributed by atoms with Gasteiger partial charge in [-0.3, -0.25) is 30.2 Å². The second-order valence-corrected chi connectivity index (χ2v) is 5.71. The quantitative estimate of drug-likeness (QED) is 0.423. The number of benzene rings is 2. The molecule has 0 radical (unpaired) electrons. The Morgan fingerprint density at radius 3 is 2.22 bits per heavy atom. The lowest BCUT2D eigenvalue weighted by atomic mass is 10.1. The molecule has 0 unspecified atom stereocenters. The van der Waals surface area contributed by atoms with Gasteiger partial charge in [-0.25, -0.2) is 0 Å². The fourth-order valence-electron chi connectivity index (χ4n) is 2.97. The minimum atomic E-state index is -0.665. The molecular formula is C18H11N5O4. The van der Waals surface area contributed by atoms with Crippen LogP contribution in [0.1, 0.15) is 0 Å². The summed E-state index contributed by atoms with van der Waals surface area (Å²) in [6, 6.07) is 13.1. The maximum Gasteiger partial charge on any atom is 0.301 e. The van der Waals surface area contributed by atoms with E-state index in [4.69, 9.17) is 0 Å². The number of nitrogens with zero attached hydrogens (tertiary/aromatic N) is 4. The van der Waals surface area contributed by atoms with E-state index >= 15 is 0 Å². The van der Waals surface area contributed by atoms with Crippen LogP contribution in [0.4, 0.5) is 22.7 Å². The van der Waals surface area contributed by atoms with Crippen LogP contribution in [-0.4, -0.2) is 19.8 Å². The fraction of sp³-hybridized carbons (Fsp3) is 0. The standard InChI is InChI=1S/C18H11N5O4/c24-22(25)14-10-15(23(26)27)18(17-12(14)6-3-9-20-17)21-13-7-1-4-11-5-2-8-19-16(11)13/h1-10,21H. The third kappa shape index (κ3) is 2.76. The molecule has 0 bridgehead atoms. The largest absolute Gasteiger partial charge is 0.346 e. The zero-order valence-electron chi connectivity index (χ0n) is 13.7. The summed E-state index contributed by atoms with van der Waals surface area (Å²) in [5.74, 6) is 0. The van der Waals surface area contributed by atoms with Crippen molar-refractivity contribution in [1.29, 1.82) is 0 Å². The number of nitro benzene ring substituents is 2. The van der Waals surface area contributed by atoms with E-state index in [9.17, 15) is 20.2 Å². The highest BCUT2D eigenvalue weighted by Gasteiger charge is 2.26. The number of rotatable bonds is 4. The van der Waals surface area contributed by atoms with Gasteiger partial charge in [0.2, 0.25) is 0 Å². The van der Waals surface area contributed by atoms with E-state index in [1.165, 1.54) is 12.3 Å². The third-order valence-electron chi connectivity index (χ3n) is 4.14. The Hall–Kier alpha value is -4.14. The summed E-state index contributed by atoms with van der Waals surface area (Å²) < 4.78 is 0. The first-order valence-electron chi connectivity index (χ1n) is 7.87. The average molecular weight is 361 g/mol. The molecule has 0 atom stereocenters. The molecule has 0 aliphatic heterocycles. The normalized spacial score (nSPS) is 10.8. The summed E-state index contributed by atoms with van der Waals surface area (Å²) in [6.45, 7) is 0. The topological polar surface area (TPSA) is 124 Å². The van der Waals surface area contributed by atoms with Crippen molar-refractivity contribution in [2.24, 2.45) is 0 Å². The molecule has 1 N–H and O–H groups in total. The summed E-state index contributed by atoms with van der Waals surface area (Å²) in [6.07, 6.45) is 3.05. The van der Waals surface area contributed by atoms with Crippen LogP contribution >= 0.6 is 0 Å². The second kappa shape index (κ2) is 6.30. The average Bonchev–Trinajstić information content (AvgIpc) is 2.68. The number of non-ortho nitro benzene ring substituents is 1. The fourth-order valence-corrected chi connectivity index (χ4v) is 2.97. The van der Waals surface area contributed by atoms with Gasteiger partial charge in [-0.1, -0.05) is 18.2 Å². The van der Waals surface area contributed by atoms with Crippen molar-refractivity contribution >= 4 is 44.6 Å². The Kier molecular flexibility index (Phi) is 3.81. The molecule has 0 aliphatic rings. The van der Waals surface area contributed by atoms with Crippen LogP contribution in [0.25, 0.3) is 21.8 Å². The Balaban J connectivity index is 2.01. The van der Waals surface area contributed by atoms with E-state index in [1.54, 1.807) is 30.5 Å². The van der Waals surface area contributed by atoms with Gasteiger partial charge in [0.15, 0.2) is 0 Å². The van der Waals surface area contributed by atoms with Crippen molar-refractivity contribution in [3.63, 3.8) is 0 Å². The first-order valence-corrected chi connectivity index (χ1v) is 7.87. The number of pyridine rings is 2. The first-order chi connectivity index (χ1) is 13.1. The van der Waals surface area contributed by atoms with Gasteiger partial charge in [-0.05, 0) is 24.3 Å². The van der Waals surface area contributed by atoms with Crippen molar-refractivity contribution in [2.45, 2.75) is 0 Å². The van der Waals surface area contributed by atoms with Crippen molar-refractivity contribution in [2.75, 3.05) is 5.32 Å². The number of fused-ring (bicyclic) bond motifs is 2. The van der Waals surface area contributed by atoms with Crippen LogP contribution in [-0.2, 0) is 0 Å². The van der Waals surface area contributed by atoms with E-state index in [2.05, 4.69) is 15.3 Å². The Bertz CT molecular complexity index is 1220. The molecule has 0 spiro atoms. The highest BCUT2D eigenvalue weighted by atomic mass is 16.6. The highest BCUT2D eigenvalue weighted by Crippen LogP contribution is 2.40. The summed E-state index contributed by atoms with van der Waals surface area (Å²) in [4.78, 5) is 30.1. The first kappa shape index (κ1) is 16.3. The van der Waals surface area contributed by atoms with Crippen LogP contribution in [0.3, 0.4) is 0 Å². The van der Waals surface area contributed by atoms with Gasteiger partial charge in [0, 0.05) is 17.8 Å². The predicted molar refractivity (Wildman–Crippen MR) is 100 cm³/mol. The molecule has 132 valence electrons. The van der Waals surface area contributed by atoms with Crippen molar-refractivity contribution < 1.29 is 9.85 Å². The zero-order chi connectivity index (χ0) is 19.0. The predicted octanol–water partition coefficient (Wildman–Crippen LogP) is 4.34. The van der Waals surface area contributed by atoms with Gasteiger partial charge in [-0.15, -0.1) is 0 Å². The van der Waals surface area contributed by atoms with Crippen LogP contribution in [0, 0.1) is 20.2 Å². The molecule has 0 fully saturated rings. The molecule has 0 amide bonds. The summed E-state index contributed by atoms with van der Waals surface area (Å²) in [5.41, 5.74) is 0.589. The minimum Gasteiger partial charge on any atom is -0.346 e. The van der Waals surface area contributed by atoms with Gasteiger partial charge in [0.05, 0.1) is 32.5 Å². The summed E-state index contributed by atoms with van der Waals surface area (Å²) in [7, 11) is 0. The number of hydrogen-bond donors (Lipinski definition) is 1. The number of para-hydroxylation sites is 1. The van der Waals surface area contributed by atoms with Crippen LogP contribution < -0.4 is 5.32 Å². The van der Waals surface area contributed by atoms with E-state index in [-0.39, 0.29) is 22.3 Å². The zero-order valence-corrected chi connectivity index (χ0v) is 13.7.